The molecule has 111 heavy (non-hydrogen) atoms. The van der Waals surface area contributed by atoms with Gasteiger partial charge in [-0.15, -0.1) is 0 Å². The van der Waals surface area contributed by atoms with E-state index in [1.165, 1.54) is 122 Å². The summed E-state index contributed by atoms with van der Waals surface area (Å²) >= 11 is 0. The third-order valence-electron chi connectivity index (χ3n) is 21.6. The molecule has 0 aliphatic carbocycles. The van der Waals surface area contributed by atoms with E-state index in [9.17, 15) is 116 Å². The average Bonchev–Trinajstić information content (AvgIpc) is 0.751. The van der Waals surface area contributed by atoms with E-state index in [1.54, 1.807) is 0 Å². The summed E-state index contributed by atoms with van der Waals surface area (Å²) in [6, 6.07) is -5.11. The molecule has 4 aliphatic heterocycles. The Balaban J connectivity index is 1.45. The molecule has 4 saturated heterocycles. The van der Waals surface area contributed by atoms with E-state index in [4.69, 9.17) is 42.6 Å². The minimum absolute atomic E-state index is 0.0898. The maximum absolute atomic E-state index is 13.8. The highest BCUT2D eigenvalue weighted by molar-refractivity contribution is 5.81. The molecule has 0 aromatic rings. The molecule has 0 aromatic heterocycles. The number of aliphatic hydroxyl groups excluding tert-OH is 16. The highest BCUT2D eigenvalue weighted by Gasteiger charge is 2.61. The van der Waals surface area contributed by atoms with Crippen molar-refractivity contribution in [2.24, 2.45) is 0 Å². The van der Waals surface area contributed by atoms with Crippen LogP contribution in [-0.4, -0.2) is 327 Å². The van der Waals surface area contributed by atoms with Crippen LogP contribution in [0, 0.1) is 0 Å². The van der Waals surface area contributed by atoms with Gasteiger partial charge in [0, 0.05) is 26.9 Å². The Bertz CT molecular complexity index is 2550. The fraction of sp³-hybridized carbons (Fsp3) is 0.934. The molecule has 0 saturated carbocycles. The zero-order valence-corrected chi connectivity index (χ0v) is 65.6. The van der Waals surface area contributed by atoms with Crippen LogP contribution in [0.15, 0.2) is 0 Å². The van der Waals surface area contributed by atoms with Crippen molar-refractivity contribution in [1.29, 1.82) is 0 Å². The first-order valence-electron chi connectivity index (χ1n) is 40.8. The van der Waals surface area contributed by atoms with Crippen LogP contribution in [0.25, 0.3) is 0 Å². The molecule has 2 unspecified atom stereocenters. The van der Waals surface area contributed by atoms with Gasteiger partial charge in [0.1, 0.15) is 104 Å². The fourth-order valence-electron chi connectivity index (χ4n) is 14.8. The van der Waals surface area contributed by atoms with Crippen molar-refractivity contribution in [2.45, 2.75) is 404 Å². The molecular formula is C76H139N3O32. The number of carboxylic acid groups (broad SMARTS) is 2. The number of ether oxygens (including phenoxy) is 9. The maximum atomic E-state index is 13.8. The lowest BCUT2D eigenvalue weighted by molar-refractivity contribution is -0.386. The Labute approximate surface area is 652 Å². The number of unbranched alkanes of at least 4 members (excludes halogenated alkanes) is 29. The lowest BCUT2D eigenvalue weighted by atomic mass is 9.88. The largest absolute Gasteiger partial charge is 0.477 e. The molecule has 35 nitrogen and oxygen atoms in total. The van der Waals surface area contributed by atoms with Crippen LogP contribution in [-0.2, 0) is 66.6 Å². The molecular weight excluding hydrogens is 1470 g/mol. The number of rotatable bonds is 60. The standard InChI is InChI=1S/C76H139N3O32/c1-5-7-9-11-13-15-17-19-20-21-22-23-24-25-27-29-31-33-35-37-49(86)70(98)78-47(59(91)48(85)36-34-32-30-28-26-18-16-14-12-10-8-6-2)44-104-71-64(96)63(95)66(55(43-83)107-71)108-72-65(97)69(62(94)54(42-82)106-72)111-76(74(101)102)39-51(88)58(67(110-76)60(92)52(89)40-80)79-56(90)45-105-75(73(99)100)38-50(87)57(77-46(3)84)68(109-75)61(93)53(41-81)103-4/h47-55,57-69,71-72,80-83,85-89,91-97H,5-45H2,1-4H3,(H,77,84)(H,78,98)(H,79,90)(H,99,100)(H,101,102)/t47-,48+,49+,50-,51-,52?,53+,54+,55+,57+,58+,59-,60?,61+,62-,63+,64+,65+,66+,67+,68+,69-,71+,72+,75+,76-/m0/s1. The van der Waals surface area contributed by atoms with E-state index in [-0.39, 0.29) is 12.8 Å². The van der Waals surface area contributed by atoms with Crippen LogP contribution in [0.2, 0.25) is 0 Å². The smallest absolute Gasteiger partial charge is 0.364 e. The number of nitrogens with one attached hydrogen (secondary N) is 3. The van der Waals surface area contributed by atoms with Crippen molar-refractivity contribution in [3.05, 3.63) is 0 Å². The van der Waals surface area contributed by atoms with Gasteiger partial charge in [0.25, 0.3) is 11.6 Å². The predicted octanol–water partition coefficient (Wildman–Crippen LogP) is 0.0818. The first-order valence-corrected chi connectivity index (χ1v) is 40.8. The quantitative estimate of drug-likeness (QED) is 0.0359. The fourth-order valence-corrected chi connectivity index (χ4v) is 14.8. The number of amides is 3. The molecule has 4 heterocycles. The highest BCUT2D eigenvalue weighted by atomic mass is 16.8. The second-order valence-corrected chi connectivity index (χ2v) is 30.6. The Hall–Kier alpha value is -3.65. The van der Waals surface area contributed by atoms with E-state index < -0.39 is 240 Å². The van der Waals surface area contributed by atoms with Crippen molar-refractivity contribution in [1.82, 2.24) is 16.0 Å². The van der Waals surface area contributed by atoms with E-state index in [1.807, 2.05) is 0 Å². The van der Waals surface area contributed by atoms with Gasteiger partial charge in [-0.25, -0.2) is 9.59 Å². The lowest BCUT2D eigenvalue weighted by Gasteiger charge is -2.50. The Kier molecular flexibility index (Phi) is 48.2. The molecule has 21 N–H and O–H groups in total. The van der Waals surface area contributed by atoms with Crippen molar-refractivity contribution in [2.75, 3.05) is 46.8 Å². The van der Waals surface area contributed by atoms with Crippen LogP contribution in [0.5, 0.6) is 0 Å². The van der Waals surface area contributed by atoms with Crippen molar-refractivity contribution >= 4 is 29.7 Å². The summed E-state index contributed by atoms with van der Waals surface area (Å²) in [6.45, 7) is -1.05. The summed E-state index contributed by atoms with van der Waals surface area (Å²) in [5, 5.41) is 206. The van der Waals surface area contributed by atoms with Gasteiger partial charge in [-0.3, -0.25) is 14.4 Å². The lowest BCUT2D eigenvalue weighted by Crippen LogP contribution is -2.71. The van der Waals surface area contributed by atoms with Gasteiger partial charge in [0.2, 0.25) is 17.7 Å². The van der Waals surface area contributed by atoms with Crippen molar-refractivity contribution in [3.8, 4) is 0 Å². The molecule has 4 rings (SSSR count). The summed E-state index contributed by atoms with van der Waals surface area (Å²) in [4.78, 5) is 65.9. The number of hydrogen-bond donors (Lipinski definition) is 21. The minimum atomic E-state index is -3.39. The van der Waals surface area contributed by atoms with Gasteiger partial charge >= 0.3 is 11.9 Å². The maximum Gasteiger partial charge on any atom is 0.364 e. The third kappa shape index (κ3) is 32.3. The van der Waals surface area contributed by atoms with Crippen LogP contribution in [0.4, 0.5) is 0 Å². The first-order chi connectivity index (χ1) is 53.1. The molecule has 650 valence electrons. The number of aliphatic hydroxyl groups is 16. The molecule has 4 aliphatic rings. The molecule has 4 fully saturated rings. The SMILES string of the molecule is CCCCCCCCCCCCCCCCCCCCC[C@@H](O)C(=O)N[C@@H](CO[C@@H]1O[C@H](CO)[C@@H](O[C@H]2O[C@H](CO)[C@H](O)[C@H](O[C@]3(C(=O)O)C[C@H](O)[C@@H](NC(=O)CO[C@]4(C(=O)O)C[C@H](O)[C@@H](NC(C)=O)[C@H]([C@H](O)[C@@H](CO)OC)O4)[C@H](C(O)C(O)CO)O3)[C@H]2O)[C@H](O)[C@H]1O)[C@H](O)[C@H](O)CCCCCCCCCCCCCC. The summed E-state index contributed by atoms with van der Waals surface area (Å²) in [5.41, 5.74) is 0. The number of hydrogen-bond acceptors (Lipinski definition) is 30. The number of carbonyl (C=O) groups is 5. The zero-order valence-electron chi connectivity index (χ0n) is 65.6. The van der Waals surface area contributed by atoms with E-state index in [0.29, 0.717) is 12.8 Å². The summed E-state index contributed by atoms with van der Waals surface area (Å²) in [5.74, 6) is -13.7. The number of carboxylic acids is 2. The summed E-state index contributed by atoms with van der Waals surface area (Å²) < 4.78 is 50.9. The molecule has 0 aromatic carbocycles. The topological polar surface area (TPSA) is 569 Å². The second-order valence-electron chi connectivity index (χ2n) is 30.6. The van der Waals surface area contributed by atoms with Gasteiger partial charge in [-0.05, 0) is 12.8 Å². The van der Waals surface area contributed by atoms with Gasteiger partial charge in [0.15, 0.2) is 12.6 Å². The van der Waals surface area contributed by atoms with Crippen LogP contribution < -0.4 is 16.0 Å². The van der Waals surface area contributed by atoms with Crippen LogP contribution >= 0.6 is 0 Å². The monoisotopic (exact) mass is 1610 g/mol. The van der Waals surface area contributed by atoms with Crippen LogP contribution in [0.3, 0.4) is 0 Å². The Morgan fingerprint density at radius 2 is 0.937 bits per heavy atom. The predicted molar refractivity (Wildman–Crippen MR) is 395 cm³/mol. The first kappa shape index (κ1) is 99.7. The van der Waals surface area contributed by atoms with E-state index in [2.05, 4.69) is 29.8 Å². The van der Waals surface area contributed by atoms with Crippen molar-refractivity contribution < 1.29 is 159 Å². The number of methoxy groups -OCH3 is 1. The highest BCUT2D eigenvalue weighted by Crippen LogP contribution is 2.40. The van der Waals surface area contributed by atoms with Crippen LogP contribution in [0.1, 0.15) is 245 Å². The summed E-state index contributed by atoms with van der Waals surface area (Å²) in [7, 11) is 1.06. The molecule has 0 bridgehead atoms. The molecule has 0 radical (unpaired) electrons. The normalized spacial score (nSPS) is 30.7. The summed E-state index contributed by atoms with van der Waals surface area (Å²) in [6.07, 6.45) is -9.90. The van der Waals surface area contributed by atoms with Gasteiger partial charge < -0.3 is 150 Å². The second kappa shape index (κ2) is 53.6. The zero-order chi connectivity index (χ0) is 82.2. The van der Waals surface area contributed by atoms with Gasteiger partial charge in [-0.1, -0.05) is 213 Å². The van der Waals surface area contributed by atoms with E-state index in [0.717, 1.165) is 78.2 Å². The average molecular weight is 1610 g/mol. The Morgan fingerprint density at radius 3 is 1.39 bits per heavy atom. The minimum Gasteiger partial charge on any atom is -0.477 e. The van der Waals surface area contributed by atoms with Crippen molar-refractivity contribution in [3.63, 3.8) is 0 Å². The third-order valence-corrected chi connectivity index (χ3v) is 21.6. The molecule has 3 amide bonds. The number of carbonyl (C=O) groups excluding carboxylic acids is 3. The van der Waals surface area contributed by atoms with Gasteiger partial charge in [-0.2, -0.15) is 0 Å². The molecule has 0 spiro atoms. The molecule has 26 atom stereocenters. The van der Waals surface area contributed by atoms with E-state index >= 15 is 0 Å². The molecule has 35 heteroatoms. The van der Waals surface area contributed by atoms with Gasteiger partial charge in [0.05, 0.1) is 69.5 Å². The Morgan fingerprint density at radius 1 is 0.495 bits per heavy atom. The number of aliphatic carboxylic acids is 2.